The second-order valence-electron chi connectivity index (χ2n) is 15.5. The van der Waals surface area contributed by atoms with Crippen molar-refractivity contribution in [1.29, 1.82) is 0 Å². The largest absolute Gasteiger partial charge is 0.298 e. The molecule has 260 valence electrons. The molecule has 2 aliphatic carbocycles. The molecule has 2 saturated heterocycles. The molecule has 4 fully saturated rings. The Labute approximate surface area is 305 Å². The summed E-state index contributed by atoms with van der Waals surface area (Å²) in [5.74, 6) is 0.479. The van der Waals surface area contributed by atoms with Crippen LogP contribution in [-0.4, -0.2) is 138 Å². The summed E-state index contributed by atoms with van der Waals surface area (Å²) in [6, 6.07) is 15.0. The van der Waals surface area contributed by atoms with Crippen LogP contribution >= 0.6 is 31.9 Å². The van der Waals surface area contributed by atoms with Crippen LogP contribution in [-0.2, 0) is 30.7 Å². The molecule has 0 bridgehead atoms. The average molecular weight is 783 g/mol. The number of carbonyl (C=O) groups excluding carboxylic acids is 1. The van der Waals surface area contributed by atoms with E-state index < -0.39 is 0 Å². The number of piperazine rings is 2. The summed E-state index contributed by atoms with van der Waals surface area (Å²) in [6.07, 6.45) is 10.3. The van der Waals surface area contributed by atoms with Gasteiger partial charge in [-0.15, -0.1) is 0 Å². The van der Waals surface area contributed by atoms with E-state index in [0.717, 1.165) is 117 Å². The number of fused-ring (bicyclic) bond motifs is 2. The molecule has 0 spiro atoms. The van der Waals surface area contributed by atoms with Crippen LogP contribution in [0, 0.1) is 0 Å². The lowest BCUT2D eigenvalue weighted by molar-refractivity contribution is -0.133. The van der Waals surface area contributed by atoms with Gasteiger partial charge < -0.3 is 0 Å². The number of Topliss-reactive ketones (excluding diaryl/α,β-unsaturated/α-hetero) is 1. The van der Waals surface area contributed by atoms with Gasteiger partial charge >= 0.3 is 0 Å². The molecule has 0 radical (unpaired) electrons. The molecular formula is C39H54Br2N6O. The van der Waals surface area contributed by atoms with E-state index in [-0.39, 0.29) is 12.1 Å². The lowest BCUT2D eigenvalue weighted by Crippen LogP contribution is -2.64. The second kappa shape index (κ2) is 15.2. The van der Waals surface area contributed by atoms with Crippen LogP contribution in [0.3, 0.4) is 0 Å². The molecule has 8 rings (SSSR count). The van der Waals surface area contributed by atoms with Crippen LogP contribution in [0.25, 0.3) is 0 Å². The Bertz CT molecular complexity index is 1330. The summed E-state index contributed by atoms with van der Waals surface area (Å²) in [5, 5.41) is 0. The molecule has 2 unspecified atom stereocenters. The number of carbonyl (C=O) groups is 1. The zero-order valence-electron chi connectivity index (χ0n) is 28.7. The van der Waals surface area contributed by atoms with Gasteiger partial charge in [0.15, 0.2) is 5.78 Å². The quantitative estimate of drug-likeness (QED) is 0.325. The topological polar surface area (TPSA) is 36.5 Å². The smallest absolute Gasteiger partial charge is 0.169 e. The van der Waals surface area contributed by atoms with Crippen molar-refractivity contribution in [3.8, 4) is 0 Å². The van der Waals surface area contributed by atoms with Crippen molar-refractivity contribution < 1.29 is 4.79 Å². The highest BCUT2D eigenvalue weighted by molar-refractivity contribution is 9.10. The predicted molar refractivity (Wildman–Crippen MR) is 200 cm³/mol. The summed E-state index contributed by atoms with van der Waals surface area (Å²) >= 11 is 7.37. The molecule has 4 aliphatic heterocycles. The molecule has 9 heteroatoms. The Morgan fingerprint density at radius 3 is 1.38 bits per heavy atom. The third kappa shape index (κ3) is 7.55. The zero-order valence-corrected chi connectivity index (χ0v) is 31.8. The Morgan fingerprint density at radius 2 is 1.00 bits per heavy atom. The molecule has 48 heavy (non-hydrogen) atoms. The first-order chi connectivity index (χ1) is 23.5. The van der Waals surface area contributed by atoms with Gasteiger partial charge in [-0.2, -0.15) is 0 Å². The van der Waals surface area contributed by atoms with Crippen LogP contribution in [0.5, 0.6) is 0 Å². The van der Waals surface area contributed by atoms with Crippen LogP contribution < -0.4 is 0 Å². The first kappa shape index (κ1) is 33.9. The van der Waals surface area contributed by atoms with Crippen molar-refractivity contribution >= 4 is 37.6 Å². The lowest BCUT2D eigenvalue weighted by atomic mass is 9.90. The van der Waals surface area contributed by atoms with Crippen molar-refractivity contribution in [2.45, 2.75) is 88.6 Å². The number of hydrogen-bond donors (Lipinski definition) is 0. The Hall–Kier alpha value is -1.17. The van der Waals surface area contributed by atoms with E-state index in [1.807, 2.05) is 0 Å². The number of rotatable bonds is 10. The predicted octanol–water partition coefficient (Wildman–Crippen LogP) is 5.27. The molecule has 7 nitrogen and oxygen atoms in total. The van der Waals surface area contributed by atoms with E-state index in [1.54, 1.807) is 0 Å². The monoisotopic (exact) mass is 780 g/mol. The summed E-state index contributed by atoms with van der Waals surface area (Å²) < 4.78 is 2.33. The maximum Gasteiger partial charge on any atom is 0.169 e. The highest BCUT2D eigenvalue weighted by atomic mass is 79.9. The Kier molecular flexibility index (Phi) is 10.8. The third-order valence-corrected chi connectivity index (χ3v) is 13.8. The van der Waals surface area contributed by atoms with Gasteiger partial charge in [-0.1, -0.05) is 56.8 Å². The summed E-state index contributed by atoms with van der Waals surface area (Å²) in [7, 11) is 0. The fraction of sp³-hybridized carbons (Fsp3) is 0.667. The number of nitrogens with zero attached hydrogens (tertiary/aromatic N) is 6. The average Bonchev–Trinajstić information content (AvgIpc) is 3.05. The van der Waals surface area contributed by atoms with E-state index >= 15 is 4.79 Å². The summed E-state index contributed by atoms with van der Waals surface area (Å²) in [4.78, 5) is 31.2. The van der Waals surface area contributed by atoms with Crippen molar-refractivity contribution in [3.63, 3.8) is 0 Å². The minimum absolute atomic E-state index is 0.0618. The molecule has 2 aromatic carbocycles. The van der Waals surface area contributed by atoms with Crippen molar-refractivity contribution in [2.24, 2.45) is 0 Å². The van der Waals surface area contributed by atoms with E-state index in [9.17, 15) is 0 Å². The summed E-state index contributed by atoms with van der Waals surface area (Å²) in [5.41, 5.74) is 5.76. The third-order valence-electron chi connectivity index (χ3n) is 12.8. The number of hydrogen-bond acceptors (Lipinski definition) is 7. The van der Waals surface area contributed by atoms with E-state index in [2.05, 4.69) is 97.7 Å². The van der Waals surface area contributed by atoms with Gasteiger partial charge in [0.05, 0.1) is 12.1 Å². The Balaban J connectivity index is 1.03. The second-order valence-corrected chi connectivity index (χ2v) is 17.4. The van der Waals surface area contributed by atoms with Crippen LogP contribution in [0.4, 0.5) is 0 Å². The maximum atomic E-state index is 15.4. The summed E-state index contributed by atoms with van der Waals surface area (Å²) in [6.45, 7) is 14.1. The normalized spacial score (nSPS) is 25.5. The van der Waals surface area contributed by atoms with Gasteiger partial charge in [0, 0.05) is 113 Å². The maximum absolute atomic E-state index is 15.4. The highest BCUT2D eigenvalue weighted by Gasteiger charge is 2.41. The molecule has 2 atom stereocenters. The van der Waals surface area contributed by atoms with E-state index in [4.69, 9.17) is 0 Å². The SMILES string of the molecule is O=C(C(CN1CCc2cc(Br)ccc2C1)N1CCN(C2CCC2)CC1)C(CN1CCc2cc(Br)ccc2C1)N1CCN(C2CCC2)CC1. The molecule has 2 aromatic rings. The first-order valence-electron chi connectivity index (χ1n) is 19.0. The fourth-order valence-electron chi connectivity index (χ4n) is 9.29. The standard InChI is InChI=1S/C39H54Br2N6O/c40-33-9-7-31-25-42(13-11-29(31)23-33)27-37(46-19-15-44(16-20-46)35-3-1-4-35)39(48)38(47-21-17-45(18-22-47)36-5-2-6-36)28-43-14-12-30-24-34(41)10-8-32(30)26-43/h7-10,23-24,35-38H,1-6,11-22,25-28H2. The van der Waals surface area contributed by atoms with E-state index in [0.29, 0.717) is 5.78 Å². The zero-order chi connectivity index (χ0) is 32.6. The van der Waals surface area contributed by atoms with Crippen LogP contribution in [0.2, 0.25) is 0 Å². The van der Waals surface area contributed by atoms with Gasteiger partial charge in [0.2, 0.25) is 0 Å². The van der Waals surface area contributed by atoms with Crippen LogP contribution in [0.15, 0.2) is 45.3 Å². The van der Waals surface area contributed by atoms with Gasteiger partial charge in [-0.05, 0) is 85.0 Å². The highest BCUT2D eigenvalue weighted by Crippen LogP contribution is 2.30. The van der Waals surface area contributed by atoms with Gasteiger partial charge in [-0.25, -0.2) is 0 Å². The van der Waals surface area contributed by atoms with E-state index in [1.165, 1.54) is 69.7 Å². The molecule has 0 N–H and O–H groups in total. The number of ketones is 1. The molecule has 4 heterocycles. The lowest BCUT2D eigenvalue weighted by Gasteiger charge is -2.48. The first-order valence-corrected chi connectivity index (χ1v) is 20.5. The molecule has 0 aromatic heterocycles. The Morgan fingerprint density at radius 1 is 0.583 bits per heavy atom. The molecule has 6 aliphatic rings. The van der Waals surface area contributed by atoms with Crippen molar-refractivity contribution in [2.75, 3.05) is 78.5 Å². The molecule has 2 saturated carbocycles. The molecule has 0 amide bonds. The minimum Gasteiger partial charge on any atom is -0.298 e. The fourth-order valence-corrected chi connectivity index (χ4v) is 10.1. The number of benzene rings is 2. The minimum atomic E-state index is -0.0618. The van der Waals surface area contributed by atoms with Gasteiger partial charge in [0.1, 0.15) is 0 Å². The van der Waals surface area contributed by atoms with Crippen molar-refractivity contribution in [3.05, 3.63) is 67.6 Å². The van der Waals surface area contributed by atoms with Crippen molar-refractivity contribution in [1.82, 2.24) is 29.4 Å². The van der Waals surface area contributed by atoms with Gasteiger partial charge in [0.25, 0.3) is 0 Å². The number of halogens is 2. The van der Waals surface area contributed by atoms with Gasteiger partial charge in [-0.3, -0.25) is 34.2 Å². The molecular weight excluding hydrogens is 728 g/mol. The van der Waals surface area contributed by atoms with Crippen LogP contribution in [0.1, 0.15) is 60.8 Å².